The molecule has 0 heterocycles. The van der Waals surface area contributed by atoms with Crippen LogP contribution in [0.4, 0.5) is 5.69 Å². The molecule has 23 heavy (non-hydrogen) atoms. The van der Waals surface area contributed by atoms with E-state index in [-0.39, 0.29) is 22.6 Å². The zero-order chi connectivity index (χ0) is 17.0. The first-order valence-electron chi connectivity index (χ1n) is 7.47. The van der Waals surface area contributed by atoms with Gasteiger partial charge < -0.3 is 9.84 Å². The molecule has 0 unspecified atom stereocenters. The lowest BCUT2D eigenvalue weighted by atomic mass is 9.93. The molecule has 5 nitrogen and oxygen atoms in total. The number of aromatic hydroxyl groups is 1. The third-order valence-corrected chi connectivity index (χ3v) is 3.47. The van der Waals surface area contributed by atoms with Crippen LogP contribution in [-0.2, 0) is 0 Å². The molecule has 2 aromatic rings. The van der Waals surface area contributed by atoms with Crippen molar-refractivity contribution in [3.63, 3.8) is 0 Å². The third kappa shape index (κ3) is 4.71. The summed E-state index contributed by atoms with van der Waals surface area (Å²) in [5.41, 5.74) is 1.57. The molecule has 0 radical (unpaired) electrons. The number of ether oxygens (including phenoxy) is 1. The van der Waals surface area contributed by atoms with Gasteiger partial charge in [0.1, 0.15) is 5.75 Å². The molecule has 0 saturated heterocycles. The van der Waals surface area contributed by atoms with Crippen LogP contribution in [0.5, 0.6) is 11.5 Å². The Hall–Kier alpha value is -2.56. The Labute approximate surface area is 135 Å². The SMILES string of the molecule is CC(C)(C)CCOc1ccc(-c2ccc(O)cc2)cc1[N+](=O)[O-]. The second-order valence-corrected chi connectivity index (χ2v) is 6.65. The van der Waals surface area contributed by atoms with Gasteiger partial charge in [-0.15, -0.1) is 0 Å². The lowest BCUT2D eigenvalue weighted by molar-refractivity contribution is -0.385. The molecule has 0 aliphatic heterocycles. The van der Waals surface area contributed by atoms with Crippen LogP contribution in [0.1, 0.15) is 27.2 Å². The van der Waals surface area contributed by atoms with Crippen molar-refractivity contribution in [1.29, 1.82) is 0 Å². The zero-order valence-electron chi connectivity index (χ0n) is 13.6. The topological polar surface area (TPSA) is 72.6 Å². The molecule has 0 fully saturated rings. The van der Waals surface area contributed by atoms with Gasteiger partial charge in [0.25, 0.3) is 0 Å². The first-order valence-corrected chi connectivity index (χ1v) is 7.47. The van der Waals surface area contributed by atoms with Crippen LogP contribution in [0.2, 0.25) is 0 Å². The lowest BCUT2D eigenvalue weighted by Crippen LogP contribution is -2.11. The predicted molar refractivity (Wildman–Crippen MR) is 89.8 cm³/mol. The first kappa shape index (κ1) is 16.8. The van der Waals surface area contributed by atoms with E-state index in [1.165, 1.54) is 6.07 Å². The van der Waals surface area contributed by atoms with Crippen LogP contribution in [0.3, 0.4) is 0 Å². The Morgan fingerprint density at radius 3 is 2.26 bits per heavy atom. The van der Waals surface area contributed by atoms with E-state index < -0.39 is 4.92 Å². The maximum absolute atomic E-state index is 11.3. The number of hydrogen-bond donors (Lipinski definition) is 1. The van der Waals surface area contributed by atoms with Gasteiger partial charge in [0.15, 0.2) is 5.75 Å². The summed E-state index contributed by atoms with van der Waals surface area (Å²) < 4.78 is 5.60. The van der Waals surface area contributed by atoms with Gasteiger partial charge in [-0.1, -0.05) is 39.0 Å². The summed E-state index contributed by atoms with van der Waals surface area (Å²) in [5.74, 6) is 0.437. The van der Waals surface area contributed by atoms with Gasteiger partial charge in [0.05, 0.1) is 11.5 Å². The Morgan fingerprint density at radius 2 is 1.70 bits per heavy atom. The monoisotopic (exact) mass is 315 g/mol. The minimum absolute atomic E-state index is 0.0514. The van der Waals surface area contributed by atoms with Crippen molar-refractivity contribution >= 4 is 5.69 Å². The molecular formula is C18H21NO4. The fraction of sp³-hybridized carbons (Fsp3) is 0.333. The Morgan fingerprint density at radius 1 is 1.09 bits per heavy atom. The number of hydrogen-bond acceptors (Lipinski definition) is 4. The summed E-state index contributed by atoms with van der Waals surface area (Å²) in [6.07, 6.45) is 0.809. The van der Waals surface area contributed by atoms with Gasteiger partial charge >= 0.3 is 5.69 Å². The molecule has 0 bridgehead atoms. The average molecular weight is 315 g/mol. The minimum atomic E-state index is -0.434. The molecule has 0 aliphatic carbocycles. The van der Waals surface area contributed by atoms with Gasteiger partial charge in [-0.05, 0) is 41.2 Å². The third-order valence-electron chi connectivity index (χ3n) is 3.47. The molecule has 2 rings (SSSR count). The second-order valence-electron chi connectivity index (χ2n) is 6.65. The molecule has 0 spiro atoms. The van der Waals surface area contributed by atoms with Crippen LogP contribution in [0.15, 0.2) is 42.5 Å². The number of phenolic OH excluding ortho intramolecular Hbond substituents is 1. The standard InChI is InChI=1S/C18H21NO4/c1-18(2,3)10-11-23-17-9-6-14(12-16(17)19(21)22)13-4-7-15(20)8-5-13/h4-9,12,20H,10-11H2,1-3H3. The van der Waals surface area contributed by atoms with Crippen molar-refractivity contribution in [3.8, 4) is 22.6 Å². The highest BCUT2D eigenvalue weighted by Gasteiger charge is 2.18. The smallest absolute Gasteiger partial charge is 0.311 e. The van der Waals surface area contributed by atoms with E-state index in [2.05, 4.69) is 20.8 Å². The fourth-order valence-corrected chi connectivity index (χ4v) is 2.08. The van der Waals surface area contributed by atoms with Gasteiger partial charge in [0.2, 0.25) is 0 Å². The maximum atomic E-state index is 11.3. The molecular weight excluding hydrogens is 294 g/mol. The quantitative estimate of drug-likeness (QED) is 0.636. The van der Waals surface area contributed by atoms with E-state index >= 15 is 0 Å². The summed E-state index contributed by atoms with van der Waals surface area (Å²) in [4.78, 5) is 10.9. The van der Waals surface area contributed by atoms with Gasteiger partial charge in [0, 0.05) is 6.07 Å². The molecule has 5 heteroatoms. The van der Waals surface area contributed by atoms with E-state index in [0.717, 1.165) is 12.0 Å². The number of benzene rings is 2. The predicted octanol–water partition coefficient (Wildman–Crippen LogP) is 4.78. The largest absolute Gasteiger partial charge is 0.508 e. The van der Waals surface area contributed by atoms with E-state index in [9.17, 15) is 15.2 Å². The Bertz CT molecular complexity index is 687. The Kier molecular flexibility index (Phi) is 4.89. The number of phenols is 1. The number of nitrogens with zero attached hydrogens (tertiary/aromatic N) is 1. The maximum Gasteiger partial charge on any atom is 0.311 e. The summed E-state index contributed by atoms with van der Waals surface area (Å²) in [6, 6.07) is 11.4. The van der Waals surface area contributed by atoms with Crippen LogP contribution in [-0.4, -0.2) is 16.6 Å². The minimum Gasteiger partial charge on any atom is -0.508 e. The number of rotatable bonds is 5. The van der Waals surface area contributed by atoms with E-state index in [1.807, 2.05) is 0 Å². The van der Waals surface area contributed by atoms with E-state index in [1.54, 1.807) is 36.4 Å². The molecule has 0 aliphatic rings. The van der Waals surface area contributed by atoms with E-state index in [0.29, 0.717) is 12.2 Å². The molecule has 122 valence electrons. The Balaban J connectivity index is 2.24. The molecule has 0 atom stereocenters. The lowest BCUT2D eigenvalue weighted by Gasteiger charge is -2.18. The normalized spacial score (nSPS) is 11.3. The molecule has 2 aromatic carbocycles. The molecule has 0 amide bonds. The highest BCUT2D eigenvalue weighted by molar-refractivity contribution is 5.69. The highest BCUT2D eigenvalue weighted by atomic mass is 16.6. The van der Waals surface area contributed by atoms with Gasteiger partial charge in [-0.2, -0.15) is 0 Å². The van der Waals surface area contributed by atoms with Crippen molar-refractivity contribution in [2.45, 2.75) is 27.2 Å². The number of nitro benzene ring substituents is 1. The summed E-state index contributed by atoms with van der Waals surface area (Å²) in [7, 11) is 0. The van der Waals surface area contributed by atoms with Gasteiger partial charge in [-0.25, -0.2) is 0 Å². The van der Waals surface area contributed by atoms with Crippen LogP contribution >= 0.6 is 0 Å². The van der Waals surface area contributed by atoms with Gasteiger partial charge in [-0.3, -0.25) is 10.1 Å². The zero-order valence-corrected chi connectivity index (χ0v) is 13.6. The highest BCUT2D eigenvalue weighted by Crippen LogP contribution is 2.33. The molecule has 0 saturated carbocycles. The average Bonchev–Trinajstić information content (AvgIpc) is 2.47. The fourth-order valence-electron chi connectivity index (χ4n) is 2.08. The van der Waals surface area contributed by atoms with Crippen LogP contribution in [0.25, 0.3) is 11.1 Å². The van der Waals surface area contributed by atoms with Crippen molar-refractivity contribution in [1.82, 2.24) is 0 Å². The molecule has 0 aromatic heterocycles. The first-order chi connectivity index (χ1) is 10.8. The van der Waals surface area contributed by atoms with E-state index in [4.69, 9.17) is 4.74 Å². The van der Waals surface area contributed by atoms with Crippen molar-refractivity contribution in [2.75, 3.05) is 6.61 Å². The molecule has 1 N–H and O–H groups in total. The summed E-state index contributed by atoms with van der Waals surface area (Å²) in [6.45, 7) is 6.72. The van der Waals surface area contributed by atoms with Crippen molar-refractivity contribution in [3.05, 3.63) is 52.6 Å². The van der Waals surface area contributed by atoms with Crippen molar-refractivity contribution in [2.24, 2.45) is 5.41 Å². The van der Waals surface area contributed by atoms with Crippen molar-refractivity contribution < 1.29 is 14.8 Å². The number of nitro groups is 1. The summed E-state index contributed by atoms with van der Waals surface area (Å²) >= 11 is 0. The van der Waals surface area contributed by atoms with Crippen LogP contribution < -0.4 is 4.74 Å². The van der Waals surface area contributed by atoms with Crippen LogP contribution in [0, 0.1) is 15.5 Å². The second kappa shape index (κ2) is 6.69. The summed E-state index contributed by atoms with van der Waals surface area (Å²) in [5, 5.41) is 20.6.